The van der Waals surface area contributed by atoms with Crippen LogP contribution < -0.4 is 15.8 Å². The first-order valence-electron chi connectivity index (χ1n) is 6.53. The highest BCUT2D eigenvalue weighted by Gasteiger charge is 2.28. The van der Waals surface area contributed by atoms with Crippen LogP contribution in [0.25, 0.3) is 0 Å². The largest absolute Gasteiger partial charge is 0.507 e. The maximum absolute atomic E-state index is 12.2. The van der Waals surface area contributed by atoms with E-state index in [-0.39, 0.29) is 35.7 Å². The molecule has 4 N–H and O–H groups in total. The third-order valence-corrected chi connectivity index (χ3v) is 3.73. The van der Waals surface area contributed by atoms with Crippen molar-refractivity contribution in [2.24, 2.45) is 11.7 Å². The number of ether oxygens (including phenoxy) is 1. The maximum Gasteiger partial charge on any atom is 0.255 e. The number of rotatable bonds is 4. The molecule has 1 aromatic rings. The fourth-order valence-corrected chi connectivity index (χ4v) is 2.58. The number of hydrogen-bond donors (Lipinski definition) is 3. The van der Waals surface area contributed by atoms with E-state index in [1.807, 2.05) is 0 Å². The minimum Gasteiger partial charge on any atom is -0.507 e. The molecule has 6 heteroatoms. The van der Waals surface area contributed by atoms with Crippen molar-refractivity contribution in [3.63, 3.8) is 0 Å². The predicted octanol–water partition coefficient (Wildman–Crippen LogP) is 1.68. The van der Waals surface area contributed by atoms with Crippen LogP contribution in [-0.2, 0) is 0 Å². The van der Waals surface area contributed by atoms with E-state index < -0.39 is 0 Å². The highest BCUT2D eigenvalue weighted by Crippen LogP contribution is 2.27. The number of hydrogen-bond acceptors (Lipinski definition) is 4. The van der Waals surface area contributed by atoms with Crippen molar-refractivity contribution in [3.05, 3.63) is 23.8 Å². The van der Waals surface area contributed by atoms with Crippen LogP contribution in [0.15, 0.2) is 18.2 Å². The van der Waals surface area contributed by atoms with E-state index in [0.29, 0.717) is 18.2 Å². The van der Waals surface area contributed by atoms with E-state index in [9.17, 15) is 9.90 Å². The van der Waals surface area contributed by atoms with Gasteiger partial charge in [-0.1, -0.05) is 6.42 Å². The van der Waals surface area contributed by atoms with Crippen molar-refractivity contribution >= 4 is 18.3 Å². The van der Waals surface area contributed by atoms with Crippen LogP contribution in [0.2, 0.25) is 0 Å². The third kappa shape index (κ3) is 3.55. The van der Waals surface area contributed by atoms with Gasteiger partial charge in [-0.15, -0.1) is 12.4 Å². The van der Waals surface area contributed by atoms with Crippen LogP contribution in [0.1, 0.15) is 29.6 Å². The van der Waals surface area contributed by atoms with Gasteiger partial charge >= 0.3 is 0 Å². The summed E-state index contributed by atoms with van der Waals surface area (Å²) in [5.41, 5.74) is 5.93. The molecule has 2 rings (SSSR count). The standard InChI is InChI=1S/C14H20N2O3.ClH/c1-19-10-5-6-13(17)11(7-10)14(18)16-12-4-2-3-9(12)8-15;/h5-7,9,12,17H,2-4,8,15H2,1H3,(H,16,18);1H. The molecule has 1 saturated carbocycles. The molecule has 2 atom stereocenters. The molecule has 2 unspecified atom stereocenters. The minimum absolute atomic E-state index is 0. The Morgan fingerprint density at radius 3 is 2.90 bits per heavy atom. The summed E-state index contributed by atoms with van der Waals surface area (Å²) < 4.78 is 5.06. The summed E-state index contributed by atoms with van der Waals surface area (Å²) in [5.74, 6) is 0.559. The van der Waals surface area contributed by atoms with Gasteiger partial charge in [0.25, 0.3) is 5.91 Å². The second-order valence-electron chi connectivity index (χ2n) is 4.89. The van der Waals surface area contributed by atoms with Crippen molar-refractivity contribution < 1.29 is 14.6 Å². The van der Waals surface area contributed by atoms with Crippen LogP contribution >= 0.6 is 12.4 Å². The normalized spacial score (nSPS) is 21.1. The Morgan fingerprint density at radius 1 is 1.50 bits per heavy atom. The zero-order chi connectivity index (χ0) is 13.8. The zero-order valence-electron chi connectivity index (χ0n) is 11.5. The van der Waals surface area contributed by atoms with E-state index in [1.165, 1.54) is 19.2 Å². The first kappa shape index (κ1) is 16.6. The molecule has 1 aliphatic carbocycles. The summed E-state index contributed by atoms with van der Waals surface area (Å²) in [5, 5.41) is 12.7. The molecule has 0 radical (unpaired) electrons. The molecule has 1 aromatic carbocycles. The molecule has 1 aliphatic rings. The summed E-state index contributed by atoms with van der Waals surface area (Å²) in [6.07, 6.45) is 3.07. The minimum atomic E-state index is -0.276. The Hall–Kier alpha value is -1.46. The molecule has 0 aliphatic heterocycles. The number of amides is 1. The van der Waals surface area contributed by atoms with Crippen LogP contribution in [0.4, 0.5) is 0 Å². The summed E-state index contributed by atoms with van der Waals surface area (Å²) in [6, 6.07) is 4.72. The topological polar surface area (TPSA) is 84.6 Å². The quantitative estimate of drug-likeness (QED) is 0.790. The van der Waals surface area contributed by atoms with Gasteiger partial charge in [0.2, 0.25) is 0 Å². The molecule has 5 nitrogen and oxygen atoms in total. The average Bonchev–Trinajstić information content (AvgIpc) is 2.86. The lowest BCUT2D eigenvalue weighted by molar-refractivity contribution is 0.0925. The fourth-order valence-electron chi connectivity index (χ4n) is 2.58. The number of aromatic hydroxyl groups is 1. The van der Waals surface area contributed by atoms with Crippen LogP contribution in [-0.4, -0.2) is 30.7 Å². The Bertz CT molecular complexity index is 468. The number of carbonyl (C=O) groups excluding carboxylic acids is 1. The molecule has 0 spiro atoms. The number of methoxy groups -OCH3 is 1. The zero-order valence-corrected chi connectivity index (χ0v) is 12.3. The molecule has 1 amide bonds. The molecule has 1 fully saturated rings. The number of carbonyl (C=O) groups is 1. The van der Waals surface area contributed by atoms with Gasteiger partial charge in [-0.2, -0.15) is 0 Å². The van der Waals surface area contributed by atoms with E-state index in [4.69, 9.17) is 10.5 Å². The smallest absolute Gasteiger partial charge is 0.255 e. The molecule has 112 valence electrons. The molecular formula is C14H21ClN2O3. The van der Waals surface area contributed by atoms with E-state index >= 15 is 0 Å². The number of halogens is 1. The lowest BCUT2D eigenvalue weighted by atomic mass is 10.0. The molecule has 0 saturated heterocycles. The summed E-state index contributed by atoms with van der Waals surface area (Å²) >= 11 is 0. The predicted molar refractivity (Wildman–Crippen MR) is 79.6 cm³/mol. The van der Waals surface area contributed by atoms with E-state index in [1.54, 1.807) is 6.07 Å². The highest BCUT2D eigenvalue weighted by atomic mass is 35.5. The van der Waals surface area contributed by atoms with Gasteiger partial charge in [0.15, 0.2) is 0 Å². The highest BCUT2D eigenvalue weighted by molar-refractivity contribution is 5.97. The molecule has 0 heterocycles. The maximum atomic E-state index is 12.2. The SMILES string of the molecule is COc1ccc(O)c(C(=O)NC2CCCC2CN)c1.Cl. The average molecular weight is 301 g/mol. The number of benzene rings is 1. The van der Waals surface area contributed by atoms with Crippen LogP contribution in [0, 0.1) is 5.92 Å². The Kier molecular flexibility index (Phi) is 6.10. The van der Waals surface area contributed by atoms with Gasteiger partial charge in [0.05, 0.1) is 12.7 Å². The van der Waals surface area contributed by atoms with Gasteiger partial charge in [-0.05, 0) is 43.5 Å². The van der Waals surface area contributed by atoms with E-state index in [0.717, 1.165) is 19.3 Å². The van der Waals surface area contributed by atoms with Gasteiger partial charge in [-0.25, -0.2) is 0 Å². The van der Waals surface area contributed by atoms with Crippen molar-refractivity contribution in [1.82, 2.24) is 5.32 Å². The number of nitrogens with two attached hydrogens (primary N) is 1. The molecule has 20 heavy (non-hydrogen) atoms. The van der Waals surface area contributed by atoms with Gasteiger partial charge in [0.1, 0.15) is 11.5 Å². The lowest BCUT2D eigenvalue weighted by Gasteiger charge is -2.19. The first-order chi connectivity index (χ1) is 9.15. The van der Waals surface area contributed by atoms with Crippen LogP contribution in [0.3, 0.4) is 0 Å². The lowest BCUT2D eigenvalue weighted by Crippen LogP contribution is -2.39. The van der Waals surface area contributed by atoms with Gasteiger partial charge in [0, 0.05) is 6.04 Å². The second kappa shape index (κ2) is 7.36. The first-order valence-corrected chi connectivity index (χ1v) is 6.53. The van der Waals surface area contributed by atoms with E-state index in [2.05, 4.69) is 5.32 Å². The third-order valence-electron chi connectivity index (χ3n) is 3.73. The van der Waals surface area contributed by atoms with Crippen molar-refractivity contribution in [3.8, 4) is 11.5 Å². The molecule has 0 bridgehead atoms. The Labute approximate surface area is 124 Å². The molecule has 0 aromatic heterocycles. The van der Waals surface area contributed by atoms with Gasteiger partial charge in [-0.3, -0.25) is 4.79 Å². The van der Waals surface area contributed by atoms with Crippen LogP contribution in [0.5, 0.6) is 11.5 Å². The second-order valence-corrected chi connectivity index (χ2v) is 4.89. The summed E-state index contributed by atoms with van der Waals surface area (Å²) in [7, 11) is 1.52. The number of phenols is 1. The Morgan fingerprint density at radius 2 is 2.25 bits per heavy atom. The monoisotopic (exact) mass is 300 g/mol. The number of nitrogens with one attached hydrogen (secondary N) is 1. The number of phenolic OH excluding ortho intramolecular Hbond substituents is 1. The Balaban J connectivity index is 0.00000200. The van der Waals surface area contributed by atoms with Crippen molar-refractivity contribution in [2.75, 3.05) is 13.7 Å². The fraction of sp³-hybridized carbons (Fsp3) is 0.500. The van der Waals surface area contributed by atoms with Gasteiger partial charge < -0.3 is 20.9 Å². The summed E-state index contributed by atoms with van der Waals surface area (Å²) in [6.45, 7) is 0.578. The molecular weight excluding hydrogens is 280 g/mol. The van der Waals surface area contributed by atoms with Crippen molar-refractivity contribution in [1.29, 1.82) is 0 Å². The summed E-state index contributed by atoms with van der Waals surface area (Å²) in [4.78, 5) is 12.2. The van der Waals surface area contributed by atoms with Crippen molar-refractivity contribution in [2.45, 2.75) is 25.3 Å².